The van der Waals surface area contributed by atoms with Crippen molar-refractivity contribution in [1.82, 2.24) is 24.8 Å². The number of hydrogen-bond acceptors (Lipinski definition) is 4. The third kappa shape index (κ3) is 3.62. The number of fused-ring (bicyclic) bond motifs is 1. The van der Waals surface area contributed by atoms with Crippen molar-refractivity contribution < 1.29 is 4.79 Å². The van der Waals surface area contributed by atoms with E-state index >= 15 is 0 Å². The van der Waals surface area contributed by atoms with Gasteiger partial charge in [0.25, 0.3) is 11.5 Å². The maximum atomic E-state index is 13.2. The van der Waals surface area contributed by atoms with Gasteiger partial charge in [0.15, 0.2) is 0 Å². The number of carbonyl (C=O) groups is 1. The minimum atomic E-state index is -0.163. The highest BCUT2D eigenvalue weighted by molar-refractivity contribution is 6.01. The van der Waals surface area contributed by atoms with Crippen LogP contribution in [0.15, 0.2) is 10.9 Å². The van der Waals surface area contributed by atoms with Crippen molar-refractivity contribution in [2.75, 3.05) is 20.1 Å². The van der Waals surface area contributed by atoms with Crippen molar-refractivity contribution in [3.63, 3.8) is 0 Å². The van der Waals surface area contributed by atoms with Crippen molar-refractivity contribution in [1.29, 1.82) is 0 Å². The van der Waals surface area contributed by atoms with Gasteiger partial charge < -0.3 is 15.2 Å². The zero-order chi connectivity index (χ0) is 18.3. The van der Waals surface area contributed by atoms with Gasteiger partial charge in [-0.05, 0) is 45.7 Å². The summed E-state index contributed by atoms with van der Waals surface area (Å²) in [5.74, 6) is 0.248. The predicted octanol–water partition coefficient (Wildman–Crippen LogP) is 2.23. The highest BCUT2D eigenvalue weighted by atomic mass is 35.5. The Morgan fingerprint density at radius 3 is 2.56 bits per heavy atom. The molecule has 27 heavy (non-hydrogen) atoms. The Labute approximate surface area is 164 Å². The minimum Gasteiger partial charge on any atom is -0.339 e. The molecular weight excluding hydrogens is 366 g/mol. The predicted molar refractivity (Wildman–Crippen MR) is 107 cm³/mol. The van der Waals surface area contributed by atoms with Gasteiger partial charge in [0.05, 0.1) is 11.4 Å². The fourth-order valence-corrected chi connectivity index (χ4v) is 4.48. The van der Waals surface area contributed by atoms with Gasteiger partial charge in [-0.1, -0.05) is 12.8 Å². The zero-order valence-electron chi connectivity index (χ0n) is 16.0. The first-order valence-electron chi connectivity index (χ1n) is 9.66. The highest BCUT2D eigenvalue weighted by Gasteiger charge is 2.29. The Bertz CT molecular complexity index is 878. The first kappa shape index (κ1) is 19.9. The molecule has 4 rings (SSSR count). The van der Waals surface area contributed by atoms with Crippen LogP contribution in [0, 0.1) is 6.92 Å². The van der Waals surface area contributed by atoms with Crippen molar-refractivity contribution in [2.45, 2.75) is 57.4 Å². The molecule has 2 aromatic rings. The van der Waals surface area contributed by atoms with E-state index in [1.54, 1.807) is 10.6 Å². The van der Waals surface area contributed by atoms with Crippen LogP contribution in [0.4, 0.5) is 0 Å². The van der Waals surface area contributed by atoms with Crippen LogP contribution in [0.5, 0.6) is 0 Å². The summed E-state index contributed by atoms with van der Waals surface area (Å²) in [5, 5.41) is 7.99. The van der Waals surface area contributed by atoms with Gasteiger partial charge in [0, 0.05) is 25.1 Å². The number of halogens is 1. The SMILES string of the molecule is Cc1nn2c(C3CCNCC3)cc(=O)[nH]c2c1C(=O)N(C)C1CCCC1.Cl. The summed E-state index contributed by atoms with van der Waals surface area (Å²) in [5.41, 5.74) is 2.50. The second-order valence-electron chi connectivity index (χ2n) is 7.66. The number of rotatable bonds is 3. The largest absolute Gasteiger partial charge is 0.339 e. The molecule has 1 saturated carbocycles. The van der Waals surface area contributed by atoms with Crippen LogP contribution >= 0.6 is 12.4 Å². The molecule has 0 spiro atoms. The molecular formula is C19H28ClN5O2. The van der Waals surface area contributed by atoms with Crippen molar-refractivity contribution in [2.24, 2.45) is 0 Å². The summed E-state index contributed by atoms with van der Waals surface area (Å²) in [6, 6.07) is 1.93. The Morgan fingerprint density at radius 1 is 1.22 bits per heavy atom. The molecule has 2 aromatic heterocycles. The van der Waals surface area contributed by atoms with Crippen molar-refractivity contribution >= 4 is 24.0 Å². The molecule has 0 radical (unpaired) electrons. The van der Waals surface area contributed by atoms with E-state index in [9.17, 15) is 9.59 Å². The number of H-pyrrole nitrogens is 1. The lowest BCUT2D eigenvalue weighted by atomic mass is 9.94. The van der Waals surface area contributed by atoms with Crippen molar-refractivity contribution in [3.8, 4) is 0 Å². The maximum Gasteiger partial charge on any atom is 0.259 e. The van der Waals surface area contributed by atoms with Gasteiger partial charge in [-0.2, -0.15) is 5.10 Å². The van der Waals surface area contributed by atoms with E-state index in [1.165, 1.54) is 12.8 Å². The number of piperidine rings is 1. The molecule has 1 aliphatic heterocycles. The molecule has 1 aliphatic carbocycles. The number of nitrogens with zero attached hydrogens (tertiary/aromatic N) is 3. The molecule has 0 atom stereocenters. The van der Waals surface area contributed by atoms with Gasteiger partial charge in [-0.15, -0.1) is 12.4 Å². The molecule has 1 saturated heterocycles. The number of nitrogens with one attached hydrogen (secondary N) is 2. The molecule has 0 unspecified atom stereocenters. The third-order valence-electron chi connectivity index (χ3n) is 5.99. The first-order chi connectivity index (χ1) is 12.6. The average Bonchev–Trinajstić information content (AvgIpc) is 3.28. The lowest BCUT2D eigenvalue weighted by Gasteiger charge is -2.24. The van der Waals surface area contributed by atoms with Crippen LogP contribution in [0.25, 0.3) is 5.65 Å². The van der Waals surface area contributed by atoms with Crippen LogP contribution < -0.4 is 10.9 Å². The molecule has 7 nitrogen and oxygen atoms in total. The molecule has 2 aliphatic rings. The summed E-state index contributed by atoms with van der Waals surface area (Å²) >= 11 is 0. The van der Waals surface area contributed by atoms with E-state index < -0.39 is 0 Å². The molecule has 1 amide bonds. The van der Waals surface area contributed by atoms with Crippen molar-refractivity contribution in [3.05, 3.63) is 33.4 Å². The smallest absolute Gasteiger partial charge is 0.259 e. The van der Waals surface area contributed by atoms with Gasteiger partial charge in [-0.25, -0.2) is 4.52 Å². The highest BCUT2D eigenvalue weighted by Crippen LogP contribution is 2.28. The summed E-state index contributed by atoms with van der Waals surface area (Å²) in [4.78, 5) is 30.2. The molecule has 148 valence electrons. The number of aromatic nitrogens is 3. The second kappa shape index (κ2) is 8.02. The lowest BCUT2D eigenvalue weighted by molar-refractivity contribution is 0.0736. The van der Waals surface area contributed by atoms with E-state index in [2.05, 4.69) is 15.4 Å². The van der Waals surface area contributed by atoms with Gasteiger partial charge >= 0.3 is 0 Å². The normalized spacial score (nSPS) is 18.6. The Hall–Kier alpha value is -1.86. The Balaban J connectivity index is 0.00000210. The summed E-state index contributed by atoms with van der Waals surface area (Å²) in [6.45, 7) is 3.73. The molecule has 2 N–H and O–H groups in total. The quantitative estimate of drug-likeness (QED) is 0.837. The summed E-state index contributed by atoms with van der Waals surface area (Å²) < 4.78 is 1.79. The van der Waals surface area contributed by atoms with Crippen LogP contribution in [-0.2, 0) is 0 Å². The van der Waals surface area contributed by atoms with E-state index in [0.717, 1.165) is 44.5 Å². The number of carbonyl (C=O) groups excluding carboxylic acids is 1. The fraction of sp³-hybridized carbons (Fsp3) is 0.632. The standard InChI is InChI=1S/C19H27N5O2.ClH/c1-12-17(19(26)23(2)14-5-3-4-6-14)18-21-16(25)11-15(24(18)22-12)13-7-9-20-10-8-13;/h11,13-14,20H,3-10H2,1-2H3,(H,21,25);1H. The third-order valence-corrected chi connectivity index (χ3v) is 5.99. The van der Waals surface area contributed by atoms with E-state index in [-0.39, 0.29) is 35.8 Å². The first-order valence-corrected chi connectivity index (χ1v) is 9.66. The number of hydrogen-bond donors (Lipinski definition) is 2. The van der Waals surface area contributed by atoms with Gasteiger partial charge in [0.2, 0.25) is 0 Å². The molecule has 8 heteroatoms. The van der Waals surface area contributed by atoms with Crippen LogP contribution in [0.2, 0.25) is 0 Å². The zero-order valence-corrected chi connectivity index (χ0v) is 16.8. The molecule has 0 aromatic carbocycles. The van der Waals surface area contributed by atoms with Gasteiger partial charge in [0.1, 0.15) is 11.2 Å². The lowest BCUT2D eigenvalue weighted by Crippen LogP contribution is -2.35. The van der Waals surface area contributed by atoms with Crippen LogP contribution in [0.3, 0.4) is 0 Å². The van der Waals surface area contributed by atoms with Gasteiger partial charge in [-0.3, -0.25) is 9.59 Å². The molecule has 0 bridgehead atoms. The number of aryl methyl sites for hydroxylation is 1. The molecule has 2 fully saturated rings. The maximum absolute atomic E-state index is 13.2. The van der Waals surface area contributed by atoms with E-state index in [4.69, 9.17) is 0 Å². The topological polar surface area (TPSA) is 82.5 Å². The Kier molecular flexibility index (Phi) is 5.91. The van der Waals surface area contributed by atoms with Crippen LogP contribution in [-0.4, -0.2) is 51.6 Å². The average molecular weight is 394 g/mol. The molecule has 3 heterocycles. The monoisotopic (exact) mass is 393 g/mol. The van der Waals surface area contributed by atoms with E-state index in [0.29, 0.717) is 16.9 Å². The van der Waals surface area contributed by atoms with Crippen LogP contribution in [0.1, 0.15) is 66.2 Å². The minimum absolute atomic E-state index is 0. The fourth-order valence-electron chi connectivity index (χ4n) is 4.48. The van der Waals surface area contributed by atoms with E-state index in [1.807, 2.05) is 18.9 Å². The Morgan fingerprint density at radius 2 is 1.89 bits per heavy atom. The summed E-state index contributed by atoms with van der Waals surface area (Å²) in [7, 11) is 1.87. The summed E-state index contributed by atoms with van der Waals surface area (Å²) in [6.07, 6.45) is 6.40. The number of aromatic amines is 1. The second-order valence-corrected chi connectivity index (χ2v) is 7.66. The number of amides is 1.